The number of hydrogen-bond donors (Lipinski definition) is 1. The number of anilines is 1. The van der Waals surface area contributed by atoms with Crippen molar-refractivity contribution in [2.24, 2.45) is 0 Å². The van der Waals surface area contributed by atoms with E-state index in [-0.39, 0.29) is 0 Å². The van der Waals surface area contributed by atoms with Gasteiger partial charge in [-0.3, -0.25) is 0 Å². The van der Waals surface area contributed by atoms with Crippen LogP contribution in [0.4, 0.5) is 5.82 Å². The molecule has 0 aromatic carbocycles. The summed E-state index contributed by atoms with van der Waals surface area (Å²) in [5, 5.41) is 4.49. The molecule has 56 valence electrons. The van der Waals surface area contributed by atoms with Crippen LogP contribution < -0.4 is 5.73 Å². The lowest BCUT2D eigenvalue weighted by Crippen LogP contribution is -1.87. The van der Waals surface area contributed by atoms with E-state index in [9.17, 15) is 0 Å². The summed E-state index contributed by atoms with van der Waals surface area (Å²) >= 11 is 5.83. The Labute approximate surface area is 68.4 Å². The molecule has 2 aromatic rings. The number of halogens is 1. The van der Waals surface area contributed by atoms with Crippen molar-refractivity contribution in [3.63, 3.8) is 0 Å². The van der Waals surface area contributed by atoms with E-state index >= 15 is 0 Å². The minimum absolute atomic E-state index is 0.373. The lowest BCUT2D eigenvalue weighted by atomic mass is 10.4. The van der Waals surface area contributed by atoms with E-state index < -0.39 is 0 Å². The van der Waals surface area contributed by atoms with E-state index in [0.29, 0.717) is 10.8 Å². The zero-order valence-electron chi connectivity index (χ0n) is 5.66. The van der Waals surface area contributed by atoms with E-state index in [1.165, 1.54) is 0 Å². The van der Waals surface area contributed by atoms with Gasteiger partial charge in [0.15, 0.2) is 5.82 Å². The molecule has 0 aliphatic carbocycles. The van der Waals surface area contributed by atoms with Crippen molar-refractivity contribution >= 4 is 22.9 Å². The van der Waals surface area contributed by atoms with Gasteiger partial charge in [0.05, 0.1) is 5.52 Å². The van der Waals surface area contributed by atoms with Crippen LogP contribution in [0, 0.1) is 0 Å². The van der Waals surface area contributed by atoms with Gasteiger partial charge in [-0.05, 0) is 12.1 Å². The quantitative estimate of drug-likeness (QED) is 0.647. The average Bonchev–Trinajstić information content (AvgIpc) is 2.30. The maximum atomic E-state index is 5.83. The molecule has 0 atom stereocenters. The first-order valence-corrected chi connectivity index (χ1v) is 3.55. The normalized spacial score (nSPS) is 10.6. The van der Waals surface area contributed by atoms with Gasteiger partial charge in [0.2, 0.25) is 0 Å². The second-order valence-electron chi connectivity index (χ2n) is 2.23. The fraction of sp³-hybridized carbons (Fsp3) is 0. The molecule has 0 saturated heterocycles. The smallest absolute Gasteiger partial charge is 0.165 e. The summed E-state index contributed by atoms with van der Waals surface area (Å²) in [6, 6.07) is 5.63. The van der Waals surface area contributed by atoms with E-state index in [4.69, 9.17) is 17.3 Å². The first-order valence-electron chi connectivity index (χ1n) is 3.17. The zero-order chi connectivity index (χ0) is 7.84. The van der Waals surface area contributed by atoms with Gasteiger partial charge in [-0.2, -0.15) is 0 Å². The highest BCUT2D eigenvalue weighted by Crippen LogP contribution is 2.22. The summed E-state index contributed by atoms with van der Waals surface area (Å²) in [5.74, 6) is 0.373. The second-order valence-corrected chi connectivity index (χ2v) is 2.61. The Hall–Kier alpha value is -1.22. The minimum Gasteiger partial charge on any atom is -0.381 e. The molecule has 2 aromatic heterocycles. The largest absolute Gasteiger partial charge is 0.381 e. The van der Waals surface area contributed by atoms with Crippen LogP contribution in [0.1, 0.15) is 0 Å². The van der Waals surface area contributed by atoms with E-state index in [1.54, 1.807) is 10.7 Å². The predicted octanol–water partition coefficient (Wildman–Crippen LogP) is 1.57. The molecule has 3 nitrogen and oxygen atoms in total. The third-order valence-corrected chi connectivity index (χ3v) is 1.89. The van der Waals surface area contributed by atoms with Crippen LogP contribution >= 0.6 is 11.6 Å². The molecule has 2 heterocycles. The highest BCUT2D eigenvalue weighted by Gasteiger charge is 2.04. The number of nitrogen functional groups attached to an aromatic ring is 1. The first kappa shape index (κ1) is 6.49. The molecule has 0 aliphatic heterocycles. The molecular formula is C7H6ClN3. The van der Waals surface area contributed by atoms with Crippen LogP contribution in [-0.2, 0) is 0 Å². The molecule has 0 radical (unpaired) electrons. The molecule has 0 fully saturated rings. The van der Waals surface area contributed by atoms with Crippen LogP contribution in [0.5, 0.6) is 0 Å². The van der Waals surface area contributed by atoms with Crippen molar-refractivity contribution < 1.29 is 0 Å². The van der Waals surface area contributed by atoms with E-state index in [1.807, 2.05) is 18.2 Å². The summed E-state index contributed by atoms with van der Waals surface area (Å²) < 4.78 is 1.65. The summed E-state index contributed by atoms with van der Waals surface area (Å²) in [5.41, 5.74) is 6.33. The Morgan fingerprint density at radius 2 is 2.27 bits per heavy atom. The number of nitrogens with two attached hydrogens (primary N) is 1. The molecule has 0 saturated carbocycles. The lowest BCUT2D eigenvalue weighted by Gasteiger charge is -1.87. The monoisotopic (exact) mass is 167 g/mol. The molecule has 0 unspecified atom stereocenters. The predicted molar refractivity (Wildman–Crippen MR) is 44.6 cm³/mol. The molecular weight excluding hydrogens is 162 g/mol. The number of aromatic nitrogens is 2. The van der Waals surface area contributed by atoms with Crippen molar-refractivity contribution in [1.82, 2.24) is 9.61 Å². The van der Waals surface area contributed by atoms with Gasteiger partial charge in [0.25, 0.3) is 0 Å². The van der Waals surface area contributed by atoms with Crippen LogP contribution in [0.25, 0.3) is 5.52 Å². The van der Waals surface area contributed by atoms with Crippen molar-refractivity contribution in [2.75, 3.05) is 5.73 Å². The van der Waals surface area contributed by atoms with Gasteiger partial charge >= 0.3 is 0 Å². The van der Waals surface area contributed by atoms with Gasteiger partial charge in [0.1, 0.15) is 5.02 Å². The van der Waals surface area contributed by atoms with E-state index in [0.717, 1.165) is 5.52 Å². The maximum absolute atomic E-state index is 5.83. The van der Waals surface area contributed by atoms with Crippen molar-refractivity contribution in [2.45, 2.75) is 0 Å². The van der Waals surface area contributed by atoms with Gasteiger partial charge < -0.3 is 5.73 Å². The van der Waals surface area contributed by atoms with Gasteiger partial charge in [0, 0.05) is 6.20 Å². The highest BCUT2D eigenvalue weighted by molar-refractivity contribution is 6.36. The first-order chi connectivity index (χ1) is 5.29. The molecule has 0 aliphatic rings. The molecule has 2 rings (SSSR count). The molecule has 0 bridgehead atoms. The zero-order valence-corrected chi connectivity index (χ0v) is 6.42. The minimum atomic E-state index is 0.373. The SMILES string of the molecule is Nc1nn2ccccc2c1Cl. The van der Waals surface area contributed by atoms with Crippen LogP contribution in [-0.4, -0.2) is 9.61 Å². The molecule has 2 N–H and O–H groups in total. The highest BCUT2D eigenvalue weighted by atomic mass is 35.5. The molecule has 0 spiro atoms. The Morgan fingerprint density at radius 1 is 1.45 bits per heavy atom. The third-order valence-electron chi connectivity index (χ3n) is 1.50. The summed E-state index contributed by atoms with van der Waals surface area (Å²) in [7, 11) is 0. The summed E-state index contributed by atoms with van der Waals surface area (Å²) in [4.78, 5) is 0. The van der Waals surface area contributed by atoms with Gasteiger partial charge in [-0.25, -0.2) is 4.52 Å². The average molecular weight is 168 g/mol. The number of rotatable bonds is 0. The Balaban J connectivity index is 2.92. The maximum Gasteiger partial charge on any atom is 0.165 e. The number of pyridine rings is 1. The second kappa shape index (κ2) is 2.13. The molecule has 4 heteroatoms. The van der Waals surface area contributed by atoms with E-state index in [2.05, 4.69) is 5.10 Å². The lowest BCUT2D eigenvalue weighted by molar-refractivity contribution is 0.968. The third kappa shape index (κ3) is 0.851. The Bertz CT molecular complexity index is 393. The summed E-state index contributed by atoms with van der Waals surface area (Å²) in [6.45, 7) is 0. The Morgan fingerprint density at radius 3 is 3.00 bits per heavy atom. The topological polar surface area (TPSA) is 43.3 Å². The molecule has 11 heavy (non-hydrogen) atoms. The molecule has 0 amide bonds. The Kier molecular flexibility index (Phi) is 1.26. The van der Waals surface area contributed by atoms with Crippen LogP contribution in [0.3, 0.4) is 0 Å². The number of hydrogen-bond acceptors (Lipinski definition) is 2. The van der Waals surface area contributed by atoms with Crippen molar-refractivity contribution in [3.8, 4) is 0 Å². The summed E-state index contributed by atoms with van der Waals surface area (Å²) in [6.07, 6.45) is 1.80. The van der Waals surface area contributed by atoms with Crippen molar-refractivity contribution in [3.05, 3.63) is 29.4 Å². The fourth-order valence-corrected chi connectivity index (χ4v) is 1.17. The van der Waals surface area contributed by atoms with Crippen LogP contribution in [0.2, 0.25) is 5.02 Å². The van der Waals surface area contributed by atoms with Gasteiger partial charge in [-0.1, -0.05) is 17.7 Å². The van der Waals surface area contributed by atoms with Crippen LogP contribution in [0.15, 0.2) is 24.4 Å². The van der Waals surface area contributed by atoms with Gasteiger partial charge in [-0.15, -0.1) is 5.10 Å². The number of nitrogens with zero attached hydrogens (tertiary/aromatic N) is 2. The standard InChI is InChI=1S/C7H6ClN3/c8-6-5-3-1-2-4-11(5)10-7(6)9/h1-4H,(H2,9,10). The number of fused-ring (bicyclic) bond motifs is 1. The fourth-order valence-electron chi connectivity index (χ4n) is 0.987. The van der Waals surface area contributed by atoms with Crippen molar-refractivity contribution in [1.29, 1.82) is 0 Å².